The van der Waals surface area contributed by atoms with Crippen molar-refractivity contribution in [2.75, 3.05) is 23.3 Å². The van der Waals surface area contributed by atoms with Gasteiger partial charge < -0.3 is 10.2 Å². The summed E-state index contributed by atoms with van der Waals surface area (Å²) in [5, 5.41) is 5.63. The van der Waals surface area contributed by atoms with Gasteiger partial charge in [-0.25, -0.2) is 0 Å². The number of hydrogen-bond donors (Lipinski definition) is 1. The van der Waals surface area contributed by atoms with Crippen molar-refractivity contribution >= 4 is 22.7 Å². The van der Waals surface area contributed by atoms with Crippen molar-refractivity contribution in [1.82, 2.24) is 4.98 Å². The van der Waals surface area contributed by atoms with Crippen LogP contribution in [0.25, 0.3) is 0 Å². The molecule has 4 heteroatoms. The molecule has 0 saturated heterocycles. The summed E-state index contributed by atoms with van der Waals surface area (Å²) in [5.41, 5.74) is 3.82. The largest absolute Gasteiger partial charge is 0.384 e. The van der Waals surface area contributed by atoms with Gasteiger partial charge in [-0.15, -0.1) is 11.3 Å². The van der Waals surface area contributed by atoms with Gasteiger partial charge in [-0.05, 0) is 42.8 Å². The van der Waals surface area contributed by atoms with Crippen LogP contribution < -0.4 is 10.2 Å². The lowest BCUT2D eigenvalue weighted by molar-refractivity contribution is 0.632. The van der Waals surface area contributed by atoms with Crippen molar-refractivity contribution in [1.29, 1.82) is 0 Å². The zero-order chi connectivity index (χ0) is 13.9. The molecule has 2 aromatic rings. The molecule has 3 rings (SSSR count). The molecule has 20 heavy (non-hydrogen) atoms. The van der Waals surface area contributed by atoms with Crippen molar-refractivity contribution in [2.24, 2.45) is 0 Å². The highest BCUT2D eigenvalue weighted by Gasteiger charge is 2.25. The second-order valence-corrected chi connectivity index (χ2v) is 6.28. The minimum Gasteiger partial charge on any atom is -0.384 e. The van der Waals surface area contributed by atoms with Gasteiger partial charge in [-0.1, -0.05) is 6.92 Å². The molecule has 1 N–H and O–H groups in total. The number of anilines is 2. The van der Waals surface area contributed by atoms with E-state index in [1.165, 1.54) is 11.3 Å². The number of nitrogens with one attached hydrogen (secondary N) is 1. The predicted molar refractivity (Wildman–Crippen MR) is 86.8 cm³/mol. The molecule has 0 saturated carbocycles. The smallest absolute Gasteiger partial charge is 0.0578 e. The molecule has 0 aromatic carbocycles. The van der Waals surface area contributed by atoms with Gasteiger partial charge in [0, 0.05) is 18.0 Å². The summed E-state index contributed by atoms with van der Waals surface area (Å²) in [6, 6.07) is 4.92. The molecule has 0 bridgehead atoms. The molecule has 0 amide bonds. The first kappa shape index (κ1) is 13.4. The fourth-order valence-corrected chi connectivity index (χ4v) is 3.78. The number of aromatic nitrogens is 1. The van der Waals surface area contributed by atoms with E-state index in [2.05, 4.69) is 46.6 Å². The third-order valence-electron chi connectivity index (χ3n) is 3.91. The molecule has 0 fully saturated rings. The molecule has 0 aliphatic carbocycles. The number of thiophene rings is 1. The van der Waals surface area contributed by atoms with E-state index in [4.69, 9.17) is 0 Å². The first-order valence-corrected chi connectivity index (χ1v) is 8.19. The fourth-order valence-electron chi connectivity index (χ4n) is 2.81. The minimum absolute atomic E-state index is 0.438. The Hall–Kier alpha value is -1.55. The molecule has 3 nitrogen and oxygen atoms in total. The predicted octanol–water partition coefficient (Wildman–Crippen LogP) is 4.09. The second-order valence-electron chi connectivity index (χ2n) is 5.28. The maximum absolute atomic E-state index is 4.39. The highest BCUT2D eigenvalue weighted by atomic mass is 32.1. The van der Waals surface area contributed by atoms with E-state index in [1.54, 1.807) is 4.88 Å². The average molecular weight is 287 g/mol. The van der Waals surface area contributed by atoms with Crippen LogP contribution in [0, 0.1) is 0 Å². The van der Waals surface area contributed by atoms with E-state index in [0.717, 1.165) is 31.6 Å². The van der Waals surface area contributed by atoms with E-state index >= 15 is 0 Å². The summed E-state index contributed by atoms with van der Waals surface area (Å²) in [7, 11) is 0. The Morgan fingerprint density at radius 3 is 3.20 bits per heavy atom. The number of pyridine rings is 1. The van der Waals surface area contributed by atoms with Gasteiger partial charge in [-0.2, -0.15) is 0 Å². The Balaban J connectivity index is 1.83. The molecule has 2 aromatic heterocycles. The van der Waals surface area contributed by atoms with Crippen LogP contribution in [0.1, 0.15) is 36.8 Å². The Bertz CT molecular complexity index is 579. The molecule has 1 unspecified atom stereocenters. The summed E-state index contributed by atoms with van der Waals surface area (Å²) in [4.78, 5) is 8.39. The van der Waals surface area contributed by atoms with Crippen LogP contribution in [-0.4, -0.2) is 18.1 Å². The lowest BCUT2D eigenvalue weighted by Crippen LogP contribution is -2.33. The zero-order valence-corrected chi connectivity index (χ0v) is 12.9. The standard InChI is InChI=1S/C16H21N3S/c1-3-6-18-13-9-14(11-17-10-13)19-7-4-16-15(12(19)2)5-8-20-16/h5,8-12,18H,3-4,6-7H2,1-2H3. The van der Waals surface area contributed by atoms with Crippen LogP contribution in [0.15, 0.2) is 29.9 Å². The van der Waals surface area contributed by atoms with Crippen molar-refractivity contribution in [3.63, 3.8) is 0 Å². The number of nitrogens with zero attached hydrogens (tertiary/aromatic N) is 2. The molecule has 106 valence electrons. The van der Waals surface area contributed by atoms with E-state index in [0.29, 0.717) is 6.04 Å². The summed E-state index contributed by atoms with van der Waals surface area (Å²) in [5.74, 6) is 0. The number of rotatable bonds is 4. The summed E-state index contributed by atoms with van der Waals surface area (Å²) < 4.78 is 0. The van der Waals surface area contributed by atoms with Crippen LogP contribution in [0.4, 0.5) is 11.4 Å². The molecule has 3 heterocycles. The van der Waals surface area contributed by atoms with Crippen LogP contribution in [-0.2, 0) is 6.42 Å². The lowest BCUT2D eigenvalue weighted by Gasteiger charge is -2.35. The summed E-state index contributed by atoms with van der Waals surface area (Å²) in [6.45, 7) is 6.54. The SMILES string of the molecule is CCCNc1cncc(N2CCc3sccc3C2C)c1. The topological polar surface area (TPSA) is 28.2 Å². The first-order chi connectivity index (χ1) is 9.79. The van der Waals surface area contributed by atoms with Crippen LogP contribution in [0.2, 0.25) is 0 Å². The van der Waals surface area contributed by atoms with E-state index < -0.39 is 0 Å². The monoisotopic (exact) mass is 287 g/mol. The zero-order valence-electron chi connectivity index (χ0n) is 12.1. The molecular weight excluding hydrogens is 266 g/mol. The average Bonchev–Trinajstić information content (AvgIpc) is 2.95. The van der Waals surface area contributed by atoms with Gasteiger partial charge >= 0.3 is 0 Å². The Morgan fingerprint density at radius 1 is 1.45 bits per heavy atom. The van der Waals surface area contributed by atoms with Crippen molar-refractivity contribution in [3.8, 4) is 0 Å². The maximum Gasteiger partial charge on any atom is 0.0578 e. The Kier molecular flexibility index (Phi) is 3.92. The summed E-state index contributed by atoms with van der Waals surface area (Å²) >= 11 is 1.89. The summed E-state index contributed by atoms with van der Waals surface area (Å²) in [6.07, 6.45) is 6.15. The van der Waals surface area contributed by atoms with Crippen LogP contribution in [0.3, 0.4) is 0 Å². The third-order valence-corrected chi connectivity index (χ3v) is 4.91. The minimum atomic E-state index is 0.438. The van der Waals surface area contributed by atoms with E-state index in [-0.39, 0.29) is 0 Å². The Morgan fingerprint density at radius 2 is 2.35 bits per heavy atom. The van der Waals surface area contributed by atoms with E-state index in [1.807, 2.05) is 23.7 Å². The first-order valence-electron chi connectivity index (χ1n) is 7.31. The Labute approximate surface area is 124 Å². The van der Waals surface area contributed by atoms with Crippen LogP contribution >= 0.6 is 11.3 Å². The second kappa shape index (κ2) is 5.83. The fraction of sp³-hybridized carbons (Fsp3) is 0.438. The van der Waals surface area contributed by atoms with Crippen molar-refractivity contribution in [2.45, 2.75) is 32.7 Å². The quantitative estimate of drug-likeness (QED) is 0.918. The van der Waals surface area contributed by atoms with Gasteiger partial charge in [0.05, 0.1) is 29.8 Å². The van der Waals surface area contributed by atoms with Gasteiger partial charge in [-0.3, -0.25) is 4.98 Å². The number of fused-ring (bicyclic) bond motifs is 1. The van der Waals surface area contributed by atoms with Gasteiger partial charge in [0.25, 0.3) is 0 Å². The van der Waals surface area contributed by atoms with Crippen LogP contribution in [0.5, 0.6) is 0 Å². The molecule has 1 atom stereocenters. The highest BCUT2D eigenvalue weighted by Crippen LogP contribution is 2.36. The molecule has 0 radical (unpaired) electrons. The molecule has 1 aliphatic rings. The third kappa shape index (κ3) is 2.52. The number of hydrogen-bond acceptors (Lipinski definition) is 4. The van der Waals surface area contributed by atoms with Crippen molar-refractivity contribution in [3.05, 3.63) is 40.3 Å². The van der Waals surface area contributed by atoms with Gasteiger partial charge in [0.1, 0.15) is 0 Å². The molecule has 1 aliphatic heterocycles. The molecule has 0 spiro atoms. The van der Waals surface area contributed by atoms with Crippen molar-refractivity contribution < 1.29 is 0 Å². The normalized spacial score (nSPS) is 17.9. The lowest BCUT2D eigenvalue weighted by atomic mass is 10.0. The molecular formula is C16H21N3S. The highest BCUT2D eigenvalue weighted by molar-refractivity contribution is 7.10. The van der Waals surface area contributed by atoms with Gasteiger partial charge in [0.2, 0.25) is 0 Å². The van der Waals surface area contributed by atoms with E-state index in [9.17, 15) is 0 Å². The van der Waals surface area contributed by atoms with Gasteiger partial charge in [0.15, 0.2) is 0 Å². The maximum atomic E-state index is 4.39.